The van der Waals surface area contributed by atoms with Gasteiger partial charge in [-0.05, 0) is 19.3 Å². The van der Waals surface area contributed by atoms with Crippen molar-refractivity contribution in [1.82, 2.24) is 0 Å². The summed E-state index contributed by atoms with van der Waals surface area (Å²) in [6, 6.07) is 0. The molecule has 0 aliphatic rings. The second kappa shape index (κ2) is 20.9. The zero-order chi connectivity index (χ0) is 19.3. The van der Waals surface area contributed by atoms with E-state index in [0.29, 0.717) is 6.61 Å². The van der Waals surface area contributed by atoms with Gasteiger partial charge in [0, 0.05) is 7.11 Å². The van der Waals surface area contributed by atoms with Crippen molar-refractivity contribution in [1.29, 1.82) is 0 Å². The third-order valence-corrected chi connectivity index (χ3v) is 4.70. The molecule has 0 spiro atoms. The molecule has 0 saturated heterocycles. The van der Waals surface area contributed by atoms with E-state index in [4.69, 9.17) is 14.6 Å². The lowest BCUT2D eigenvalue weighted by molar-refractivity contribution is -0.0345. The average Bonchev–Trinajstić information content (AvgIpc) is 2.66. The summed E-state index contributed by atoms with van der Waals surface area (Å²) in [6.07, 6.45) is 20.7. The van der Waals surface area contributed by atoms with Crippen LogP contribution in [0.5, 0.6) is 0 Å². The Morgan fingerprint density at radius 1 is 0.808 bits per heavy atom. The molecule has 0 saturated carbocycles. The molecule has 0 fully saturated rings. The van der Waals surface area contributed by atoms with Crippen LogP contribution in [0.3, 0.4) is 0 Å². The summed E-state index contributed by atoms with van der Waals surface area (Å²) in [4.78, 5) is 0. The van der Waals surface area contributed by atoms with E-state index >= 15 is 0 Å². The fourth-order valence-electron chi connectivity index (χ4n) is 2.91. The van der Waals surface area contributed by atoms with Crippen LogP contribution in [0.25, 0.3) is 0 Å². The SMILES string of the molecule is CCCCCCCCCCCCC/C=C\C[C@H](COC[C@H](O)CO)OC. The van der Waals surface area contributed by atoms with Crippen molar-refractivity contribution in [3.05, 3.63) is 12.2 Å². The fraction of sp³-hybridized carbons (Fsp3) is 0.909. The highest BCUT2D eigenvalue weighted by molar-refractivity contribution is 4.84. The number of hydrogen-bond donors (Lipinski definition) is 2. The number of unbranched alkanes of at least 4 members (excludes halogenated alkanes) is 11. The molecule has 0 aliphatic heterocycles. The maximum Gasteiger partial charge on any atom is 0.100 e. The van der Waals surface area contributed by atoms with Crippen molar-refractivity contribution in [2.45, 2.75) is 103 Å². The Balaban J connectivity index is 3.37. The average molecular weight is 373 g/mol. The third kappa shape index (κ3) is 18.4. The quantitative estimate of drug-likeness (QED) is 0.233. The predicted octanol–water partition coefficient (Wildman–Crippen LogP) is 5.02. The summed E-state index contributed by atoms with van der Waals surface area (Å²) in [5.74, 6) is 0. The summed E-state index contributed by atoms with van der Waals surface area (Å²) >= 11 is 0. The first-order valence-corrected chi connectivity index (χ1v) is 10.8. The number of aliphatic hydroxyl groups excluding tert-OH is 2. The lowest BCUT2D eigenvalue weighted by Gasteiger charge is -2.15. The topological polar surface area (TPSA) is 58.9 Å². The van der Waals surface area contributed by atoms with E-state index in [0.717, 1.165) is 12.8 Å². The standard InChI is InChI=1S/C22H44O4/c1-3-4-5-6-7-8-9-10-11-12-13-14-15-16-17-22(25-2)20-26-19-21(24)18-23/h15-16,21-24H,3-14,17-20H2,1-2H3/b16-15-/t21-,22-/m1/s1. The van der Waals surface area contributed by atoms with Gasteiger partial charge in [-0.25, -0.2) is 0 Å². The second-order valence-corrected chi connectivity index (χ2v) is 7.26. The van der Waals surface area contributed by atoms with Gasteiger partial charge in [0.25, 0.3) is 0 Å². The van der Waals surface area contributed by atoms with Gasteiger partial charge in [0.15, 0.2) is 0 Å². The van der Waals surface area contributed by atoms with Crippen LogP contribution < -0.4 is 0 Å². The van der Waals surface area contributed by atoms with Crippen LogP contribution in [0.4, 0.5) is 0 Å². The van der Waals surface area contributed by atoms with E-state index in [1.54, 1.807) is 7.11 Å². The molecule has 26 heavy (non-hydrogen) atoms. The van der Waals surface area contributed by atoms with Gasteiger partial charge in [0.05, 0.1) is 25.9 Å². The summed E-state index contributed by atoms with van der Waals surface area (Å²) < 4.78 is 10.7. The van der Waals surface area contributed by atoms with Crippen LogP contribution in [0.1, 0.15) is 90.4 Å². The van der Waals surface area contributed by atoms with E-state index in [1.807, 2.05) is 0 Å². The first-order chi connectivity index (χ1) is 12.7. The minimum absolute atomic E-state index is 0.00877. The molecule has 0 aliphatic carbocycles. The molecule has 0 rings (SSSR count). The van der Waals surface area contributed by atoms with Gasteiger partial charge in [-0.3, -0.25) is 0 Å². The minimum Gasteiger partial charge on any atom is -0.394 e. The molecule has 2 N–H and O–H groups in total. The summed E-state index contributed by atoms with van der Waals surface area (Å²) in [5, 5.41) is 18.0. The number of rotatable bonds is 20. The van der Waals surface area contributed by atoms with Crippen molar-refractivity contribution in [3.63, 3.8) is 0 Å². The van der Waals surface area contributed by atoms with Crippen LogP contribution in [0.15, 0.2) is 12.2 Å². The zero-order valence-electron chi connectivity index (χ0n) is 17.3. The predicted molar refractivity (Wildman–Crippen MR) is 110 cm³/mol. The van der Waals surface area contributed by atoms with Gasteiger partial charge in [-0.1, -0.05) is 83.3 Å². The first kappa shape index (κ1) is 25.6. The Bertz CT molecular complexity index is 294. The minimum atomic E-state index is -0.802. The Kier molecular flexibility index (Phi) is 20.5. The highest BCUT2D eigenvalue weighted by Gasteiger charge is 2.07. The van der Waals surface area contributed by atoms with Gasteiger partial charge < -0.3 is 19.7 Å². The molecule has 0 unspecified atom stereocenters. The van der Waals surface area contributed by atoms with Crippen molar-refractivity contribution in [2.75, 3.05) is 26.9 Å². The fourth-order valence-corrected chi connectivity index (χ4v) is 2.91. The number of ether oxygens (including phenoxy) is 2. The molecule has 0 radical (unpaired) electrons. The number of methoxy groups -OCH3 is 1. The molecule has 0 aromatic rings. The number of aliphatic hydroxyl groups is 2. The first-order valence-electron chi connectivity index (χ1n) is 10.8. The van der Waals surface area contributed by atoms with Gasteiger partial charge >= 0.3 is 0 Å². The largest absolute Gasteiger partial charge is 0.394 e. The zero-order valence-corrected chi connectivity index (χ0v) is 17.3. The molecule has 2 atom stereocenters. The smallest absolute Gasteiger partial charge is 0.100 e. The van der Waals surface area contributed by atoms with Gasteiger partial charge in [0.2, 0.25) is 0 Å². The van der Waals surface area contributed by atoms with Crippen molar-refractivity contribution in [3.8, 4) is 0 Å². The lowest BCUT2D eigenvalue weighted by Crippen LogP contribution is -2.24. The normalized spacial score (nSPS) is 14.2. The van der Waals surface area contributed by atoms with E-state index in [9.17, 15) is 5.11 Å². The highest BCUT2D eigenvalue weighted by atomic mass is 16.5. The van der Waals surface area contributed by atoms with Gasteiger partial charge in [0.1, 0.15) is 6.10 Å². The Morgan fingerprint density at radius 3 is 1.92 bits per heavy atom. The van der Waals surface area contributed by atoms with Crippen molar-refractivity contribution >= 4 is 0 Å². The van der Waals surface area contributed by atoms with Crippen LogP contribution >= 0.6 is 0 Å². The van der Waals surface area contributed by atoms with Crippen LogP contribution in [-0.4, -0.2) is 49.4 Å². The van der Waals surface area contributed by atoms with E-state index < -0.39 is 6.10 Å². The maximum atomic E-state index is 9.22. The number of allylic oxidation sites excluding steroid dienone is 1. The van der Waals surface area contributed by atoms with Gasteiger partial charge in [-0.15, -0.1) is 0 Å². The summed E-state index contributed by atoms with van der Waals surface area (Å²) in [5.41, 5.74) is 0. The summed E-state index contributed by atoms with van der Waals surface area (Å²) in [7, 11) is 1.67. The highest BCUT2D eigenvalue weighted by Crippen LogP contribution is 2.12. The van der Waals surface area contributed by atoms with E-state index in [2.05, 4.69) is 19.1 Å². The third-order valence-electron chi connectivity index (χ3n) is 4.70. The van der Waals surface area contributed by atoms with Gasteiger partial charge in [-0.2, -0.15) is 0 Å². The Morgan fingerprint density at radius 2 is 1.38 bits per heavy atom. The molecule has 156 valence electrons. The molecule has 4 heteroatoms. The van der Waals surface area contributed by atoms with Crippen LogP contribution in [0.2, 0.25) is 0 Å². The molecule has 0 bridgehead atoms. The Hall–Kier alpha value is -0.420. The molecule has 4 nitrogen and oxygen atoms in total. The number of hydrogen-bond acceptors (Lipinski definition) is 4. The molecular weight excluding hydrogens is 328 g/mol. The summed E-state index contributed by atoms with van der Waals surface area (Å²) in [6.45, 7) is 2.60. The van der Waals surface area contributed by atoms with E-state index in [-0.39, 0.29) is 19.3 Å². The maximum absolute atomic E-state index is 9.22. The second-order valence-electron chi connectivity index (χ2n) is 7.26. The van der Waals surface area contributed by atoms with Crippen molar-refractivity contribution < 1.29 is 19.7 Å². The van der Waals surface area contributed by atoms with Crippen LogP contribution in [0, 0.1) is 0 Å². The molecule has 0 heterocycles. The van der Waals surface area contributed by atoms with E-state index in [1.165, 1.54) is 70.6 Å². The molecule has 0 amide bonds. The Labute approximate surface area is 162 Å². The molecular formula is C22H44O4. The molecule has 0 aromatic carbocycles. The monoisotopic (exact) mass is 372 g/mol. The molecule has 0 aromatic heterocycles. The lowest BCUT2D eigenvalue weighted by atomic mass is 10.1. The van der Waals surface area contributed by atoms with Crippen LogP contribution in [-0.2, 0) is 9.47 Å². The van der Waals surface area contributed by atoms with Crippen molar-refractivity contribution in [2.24, 2.45) is 0 Å².